The summed E-state index contributed by atoms with van der Waals surface area (Å²) < 4.78 is 5.22. The van der Waals surface area contributed by atoms with Gasteiger partial charge in [0.05, 0.1) is 12.7 Å². The van der Waals surface area contributed by atoms with Crippen molar-refractivity contribution >= 4 is 0 Å². The van der Waals surface area contributed by atoms with Gasteiger partial charge in [0.2, 0.25) is 0 Å². The van der Waals surface area contributed by atoms with Crippen molar-refractivity contribution in [3.05, 3.63) is 0 Å². The fourth-order valence-corrected chi connectivity index (χ4v) is 2.56. The third kappa shape index (κ3) is 5.78. The van der Waals surface area contributed by atoms with E-state index < -0.39 is 5.54 Å². The van der Waals surface area contributed by atoms with Gasteiger partial charge < -0.3 is 4.74 Å². The Morgan fingerprint density at radius 1 is 1.45 bits per heavy atom. The lowest BCUT2D eigenvalue weighted by Gasteiger charge is -2.32. The standard InChI is InChI=1S/C16H31N3O/c1-5-9-18-16(3,13-17)8-10-19(11-12-20-4)14(2)15-6-7-15/h14-15,18H,5-12H2,1-4H3. The van der Waals surface area contributed by atoms with E-state index >= 15 is 0 Å². The molecule has 0 saturated heterocycles. The summed E-state index contributed by atoms with van der Waals surface area (Å²) in [6, 6.07) is 3.05. The van der Waals surface area contributed by atoms with Gasteiger partial charge in [0, 0.05) is 26.2 Å². The van der Waals surface area contributed by atoms with Crippen LogP contribution in [0.2, 0.25) is 0 Å². The highest BCUT2D eigenvalue weighted by atomic mass is 16.5. The van der Waals surface area contributed by atoms with Crippen molar-refractivity contribution in [2.45, 2.75) is 58.0 Å². The largest absolute Gasteiger partial charge is 0.383 e. The Balaban J connectivity index is 2.48. The van der Waals surface area contributed by atoms with Gasteiger partial charge in [-0.2, -0.15) is 5.26 Å². The summed E-state index contributed by atoms with van der Waals surface area (Å²) in [5, 5.41) is 12.8. The Kier molecular flexibility index (Phi) is 7.50. The van der Waals surface area contributed by atoms with Crippen molar-refractivity contribution < 1.29 is 4.74 Å². The first-order valence-electron chi connectivity index (χ1n) is 7.95. The van der Waals surface area contributed by atoms with Crippen LogP contribution in [0.4, 0.5) is 0 Å². The van der Waals surface area contributed by atoms with Crippen LogP contribution in [0, 0.1) is 17.2 Å². The van der Waals surface area contributed by atoms with E-state index in [1.165, 1.54) is 12.8 Å². The molecule has 20 heavy (non-hydrogen) atoms. The van der Waals surface area contributed by atoms with Crippen LogP contribution in [0.3, 0.4) is 0 Å². The normalized spacial score (nSPS) is 19.6. The van der Waals surface area contributed by atoms with E-state index in [4.69, 9.17) is 4.74 Å². The number of hydrogen-bond donors (Lipinski definition) is 1. The number of methoxy groups -OCH3 is 1. The molecule has 0 bridgehead atoms. The molecule has 0 amide bonds. The van der Waals surface area contributed by atoms with Gasteiger partial charge in [-0.15, -0.1) is 0 Å². The van der Waals surface area contributed by atoms with Crippen LogP contribution in [-0.2, 0) is 4.74 Å². The fraction of sp³-hybridized carbons (Fsp3) is 0.938. The van der Waals surface area contributed by atoms with E-state index in [9.17, 15) is 5.26 Å². The summed E-state index contributed by atoms with van der Waals surface area (Å²) in [6.07, 6.45) is 4.63. The molecular weight excluding hydrogens is 250 g/mol. The Labute approximate surface area is 124 Å². The lowest BCUT2D eigenvalue weighted by molar-refractivity contribution is 0.111. The number of nitrogens with zero attached hydrogens (tertiary/aromatic N) is 2. The molecule has 1 N–H and O–H groups in total. The number of rotatable bonds is 11. The van der Waals surface area contributed by atoms with Gasteiger partial charge in [0.1, 0.15) is 5.54 Å². The van der Waals surface area contributed by atoms with E-state index in [1.54, 1.807) is 7.11 Å². The van der Waals surface area contributed by atoms with Gasteiger partial charge in [0.15, 0.2) is 0 Å². The fourth-order valence-electron chi connectivity index (χ4n) is 2.56. The molecule has 1 fully saturated rings. The van der Waals surface area contributed by atoms with Crippen molar-refractivity contribution in [2.24, 2.45) is 5.92 Å². The summed E-state index contributed by atoms with van der Waals surface area (Å²) >= 11 is 0. The molecule has 1 aliphatic carbocycles. The first kappa shape index (κ1) is 17.4. The number of nitriles is 1. The maximum Gasteiger partial charge on any atom is 0.105 e. The maximum atomic E-state index is 9.41. The smallest absolute Gasteiger partial charge is 0.105 e. The van der Waals surface area contributed by atoms with Crippen LogP contribution in [0.5, 0.6) is 0 Å². The molecule has 4 heteroatoms. The maximum absolute atomic E-state index is 9.41. The van der Waals surface area contributed by atoms with Crippen LogP contribution in [-0.4, -0.2) is 49.8 Å². The SMILES string of the molecule is CCCNC(C)(C#N)CCN(CCOC)C(C)C1CC1. The zero-order valence-corrected chi connectivity index (χ0v) is 13.6. The van der Waals surface area contributed by atoms with E-state index in [0.717, 1.165) is 45.0 Å². The van der Waals surface area contributed by atoms with Crippen molar-refractivity contribution in [2.75, 3.05) is 33.4 Å². The van der Waals surface area contributed by atoms with E-state index in [1.807, 2.05) is 6.92 Å². The molecular formula is C16H31N3O. The topological polar surface area (TPSA) is 48.3 Å². The molecule has 0 aromatic carbocycles. The lowest BCUT2D eigenvalue weighted by atomic mass is 9.98. The summed E-state index contributed by atoms with van der Waals surface area (Å²) in [4.78, 5) is 2.49. The lowest BCUT2D eigenvalue weighted by Crippen LogP contribution is -2.46. The van der Waals surface area contributed by atoms with E-state index in [2.05, 4.69) is 30.1 Å². The van der Waals surface area contributed by atoms with Gasteiger partial charge in [-0.25, -0.2) is 0 Å². The molecule has 0 spiro atoms. The molecule has 1 aliphatic rings. The third-order valence-electron chi connectivity index (χ3n) is 4.37. The average molecular weight is 281 g/mol. The number of hydrogen-bond acceptors (Lipinski definition) is 4. The van der Waals surface area contributed by atoms with Crippen molar-refractivity contribution in [3.8, 4) is 6.07 Å². The van der Waals surface area contributed by atoms with Crippen molar-refractivity contribution in [1.82, 2.24) is 10.2 Å². The Morgan fingerprint density at radius 3 is 2.65 bits per heavy atom. The Hall–Kier alpha value is -0.630. The molecule has 0 radical (unpaired) electrons. The van der Waals surface area contributed by atoms with E-state index in [-0.39, 0.29) is 0 Å². The summed E-state index contributed by atoms with van der Waals surface area (Å²) in [7, 11) is 1.75. The Bertz CT molecular complexity index is 311. The van der Waals surface area contributed by atoms with Gasteiger partial charge in [0.25, 0.3) is 0 Å². The summed E-state index contributed by atoms with van der Waals surface area (Å²) in [6.45, 7) is 10.1. The predicted molar refractivity (Wildman–Crippen MR) is 82.6 cm³/mol. The minimum Gasteiger partial charge on any atom is -0.383 e. The second-order valence-electron chi connectivity index (χ2n) is 6.23. The highest BCUT2D eigenvalue weighted by molar-refractivity contribution is 5.04. The zero-order chi connectivity index (χ0) is 15.0. The molecule has 0 aliphatic heterocycles. The summed E-state index contributed by atoms with van der Waals surface area (Å²) in [5.41, 5.74) is -0.412. The third-order valence-corrected chi connectivity index (χ3v) is 4.37. The van der Waals surface area contributed by atoms with Crippen molar-refractivity contribution in [3.63, 3.8) is 0 Å². The number of ether oxygens (including phenoxy) is 1. The quantitative estimate of drug-likeness (QED) is 0.632. The molecule has 0 aromatic rings. The molecule has 2 unspecified atom stereocenters. The van der Waals surface area contributed by atoms with Crippen LogP contribution in [0.15, 0.2) is 0 Å². The van der Waals surface area contributed by atoms with Gasteiger partial charge >= 0.3 is 0 Å². The second-order valence-corrected chi connectivity index (χ2v) is 6.23. The van der Waals surface area contributed by atoms with Gasteiger partial charge in [-0.3, -0.25) is 10.2 Å². The van der Waals surface area contributed by atoms with Crippen LogP contribution in [0.25, 0.3) is 0 Å². The Morgan fingerprint density at radius 2 is 2.15 bits per heavy atom. The molecule has 0 heterocycles. The van der Waals surface area contributed by atoms with Crippen LogP contribution < -0.4 is 5.32 Å². The molecule has 2 atom stereocenters. The average Bonchev–Trinajstić information content (AvgIpc) is 3.29. The van der Waals surface area contributed by atoms with E-state index in [0.29, 0.717) is 6.04 Å². The number of nitrogens with one attached hydrogen (secondary N) is 1. The first-order valence-corrected chi connectivity index (χ1v) is 7.95. The summed E-state index contributed by atoms with van der Waals surface area (Å²) in [5.74, 6) is 0.851. The zero-order valence-electron chi connectivity index (χ0n) is 13.6. The minimum atomic E-state index is -0.412. The first-order chi connectivity index (χ1) is 9.56. The highest BCUT2D eigenvalue weighted by Crippen LogP contribution is 2.35. The van der Waals surface area contributed by atoms with Gasteiger partial charge in [-0.05, 0) is 52.0 Å². The second kappa shape index (κ2) is 8.61. The highest BCUT2D eigenvalue weighted by Gasteiger charge is 2.33. The molecule has 4 nitrogen and oxygen atoms in total. The minimum absolute atomic E-state index is 0.412. The van der Waals surface area contributed by atoms with Crippen LogP contribution >= 0.6 is 0 Å². The molecule has 1 rings (SSSR count). The van der Waals surface area contributed by atoms with Crippen molar-refractivity contribution in [1.29, 1.82) is 5.26 Å². The monoisotopic (exact) mass is 281 g/mol. The van der Waals surface area contributed by atoms with Gasteiger partial charge in [-0.1, -0.05) is 6.92 Å². The molecule has 1 saturated carbocycles. The predicted octanol–water partition coefficient (Wildman–Crippen LogP) is 2.41. The van der Waals surface area contributed by atoms with Crippen LogP contribution in [0.1, 0.15) is 46.5 Å². The molecule has 116 valence electrons. The molecule has 0 aromatic heterocycles.